The van der Waals surface area contributed by atoms with Crippen molar-refractivity contribution in [1.82, 2.24) is 19.4 Å². The van der Waals surface area contributed by atoms with Crippen LogP contribution >= 0.6 is 0 Å². The Bertz CT molecular complexity index is 1410. The molecular formula is C24H20N4O2. The zero-order valence-corrected chi connectivity index (χ0v) is 16.3. The highest BCUT2D eigenvalue weighted by Crippen LogP contribution is 2.33. The Labute approximate surface area is 172 Å². The Morgan fingerprint density at radius 2 is 1.83 bits per heavy atom. The Balaban J connectivity index is 1.44. The van der Waals surface area contributed by atoms with Crippen LogP contribution in [-0.4, -0.2) is 26.0 Å². The van der Waals surface area contributed by atoms with Gasteiger partial charge in [0.05, 0.1) is 12.6 Å². The van der Waals surface area contributed by atoms with Gasteiger partial charge in [0.25, 0.3) is 5.56 Å². The summed E-state index contributed by atoms with van der Waals surface area (Å²) in [6, 6.07) is 22.5. The van der Waals surface area contributed by atoms with E-state index in [0.717, 1.165) is 18.5 Å². The van der Waals surface area contributed by atoms with Gasteiger partial charge in [-0.3, -0.25) is 9.69 Å². The first kappa shape index (κ1) is 17.2. The molecule has 3 aromatic heterocycles. The van der Waals surface area contributed by atoms with Crippen molar-refractivity contribution in [1.29, 1.82) is 0 Å². The minimum Gasteiger partial charge on any atom is -0.449 e. The molecule has 0 amide bonds. The van der Waals surface area contributed by atoms with E-state index in [4.69, 9.17) is 9.40 Å². The van der Waals surface area contributed by atoms with Crippen molar-refractivity contribution in [2.24, 2.45) is 0 Å². The molecule has 0 fully saturated rings. The van der Waals surface area contributed by atoms with Gasteiger partial charge < -0.3 is 14.0 Å². The highest BCUT2D eigenvalue weighted by molar-refractivity contribution is 6.01. The highest BCUT2D eigenvalue weighted by Gasteiger charge is 2.29. The van der Waals surface area contributed by atoms with Gasteiger partial charge in [-0.2, -0.15) is 0 Å². The van der Waals surface area contributed by atoms with E-state index in [-0.39, 0.29) is 17.2 Å². The van der Waals surface area contributed by atoms with Crippen molar-refractivity contribution in [2.45, 2.75) is 19.1 Å². The van der Waals surface area contributed by atoms with Gasteiger partial charge in [0.2, 0.25) is 5.58 Å². The van der Waals surface area contributed by atoms with Gasteiger partial charge in [-0.1, -0.05) is 42.5 Å². The molecule has 2 aromatic carbocycles. The van der Waals surface area contributed by atoms with Crippen molar-refractivity contribution >= 4 is 22.1 Å². The summed E-state index contributed by atoms with van der Waals surface area (Å²) in [5.74, 6) is 0.653. The Morgan fingerprint density at radius 1 is 1.00 bits per heavy atom. The summed E-state index contributed by atoms with van der Waals surface area (Å²) < 4.78 is 8.03. The number of H-pyrrole nitrogens is 1. The van der Waals surface area contributed by atoms with Crippen molar-refractivity contribution in [3.05, 3.63) is 100 Å². The second-order valence-corrected chi connectivity index (χ2v) is 7.70. The maximum absolute atomic E-state index is 12.7. The van der Waals surface area contributed by atoms with Gasteiger partial charge in [0.15, 0.2) is 0 Å². The summed E-state index contributed by atoms with van der Waals surface area (Å²) >= 11 is 0. The first-order valence-electron chi connectivity index (χ1n) is 10.1. The molecule has 0 saturated heterocycles. The van der Waals surface area contributed by atoms with E-state index in [2.05, 4.69) is 57.0 Å². The molecule has 1 aliphatic rings. The normalized spacial score (nSPS) is 16.9. The zero-order valence-electron chi connectivity index (χ0n) is 16.3. The number of hydrogen-bond acceptors (Lipinski definition) is 4. The zero-order chi connectivity index (χ0) is 20.1. The van der Waals surface area contributed by atoms with Crippen LogP contribution in [-0.2, 0) is 13.1 Å². The summed E-state index contributed by atoms with van der Waals surface area (Å²) in [4.78, 5) is 22.8. The Morgan fingerprint density at radius 3 is 2.73 bits per heavy atom. The van der Waals surface area contributed by atoms with Crippen LogP contribution in [0.15, 0.2) is 82.1 Å². The molecule has 1 atom stereocenters. The lowest BCUT2D eigenvalue weighted by Gasteiger charge is -2.37. The van der Waals surface area contributed by atoms with Crippen molar-refractivity contribution in [3.63, 3.8) is 0 Å². The average Bonchev–Trinajstić information content (AvgIpc) is 3.39. The SMILES string of the molecule is O=c1[nH]c(CN2CCn3cccc3C2c2ccccc2)nc2c1oc1ccccc12. The van der Waals surface area contributed by atoms with Gasteiger partial charge in [-0.25, -0.2) is 4.98 Å². The molecule has 0 bridgehead atoms. The second-order valence-electron chi connectivity index (χ2n) is 7.70. The van der Waals surface area contributed by atoms with Crippen LogP contribution in [0.5, 0.6) is 0 Å². The molecular weight excluding hydrogens is 376 g/mol. The van der Waals surface area contributed by atoms with Gasteiger partial charge in [-0.15, -0.1) is 0 Å². The van der Waals surface area contributed by atoms with Crippen molar-refractivity contribution in [2.75, 3.05) is 6.54 Å². The third kappa shape index (κ3) is 2.69. The topological polar surface area (TPSA) is 67.1 Å². The number of furan rings is 1. The van der Waals surface area contributed by atoms with Crippen molar-refractivity contribution in [3.8, 4) is 0 Å². The molecule has 6 nitrogen and oxygen atoms in total. The number of para-hydroxylation sites is 1. The fourth-order valence-electron chi connectivity index (χ4n) is 4.53. The van der Waals surface area contributed by atoms with Crippen LogP contribution in [0, 0.1) is 0 Å². The number of aromatic nitrogens is 3. The third-order valence-corrected chi connectivity index (χ3v) is 5.89. The maximum atomic E-state index is 12.7. The maximum Gasteiger partial charge on any atom is 0.294 e. The fraction of sp³-hybridized carbons (Fsp3) is 0.167. The van der Waals surface area contributed by atoms with E-state index >= 15 is 0 Å². The molecule has 0 saturated carbocycles. The smallest absolute Gasteiger partial charge is 0.294 e. The van der Waals surface area contributed by atoms with Crippen LogP contribution in [0.25, 0.3) is 22.1 Å². The highest BCUT2D eigenvalue weighted by atomic mass is 16.3. The van der Waals surface area contributed by atoms with Crippen LogP contribution in [0.3, 0.4) is 0 Å². The monoisotopic (exact) mass is 396 g/mol. The lowest BCUT2D eigenvalue weighted by molar-refractivity contribution is 0.170. The van der Waals surface area contributed by atoms with Gasteiger partial charge in [-0.05, 0) is 29.8 Å². The van der Waals surface area contributed by atoms with E-state index in [9.17, 15) is 4.79 Å². The summed E-state index contributed by atoms with van der Waals surface area (Å²) in [5.41, 5.74) is 3.84. The van der Waals surface area contributed by atoms with Crippen LogP contribution < -0.4 is 5.56 Å². The van der Waals surface area contributed by atoms with E-state index < -0.39 is 0 Å². The quantitative estimate of drug-likeness (QED) is 0.499. The summed E-state index contributed by atoms with van der Waals surface area (Å²) in [7, 11) is 0. The predicted octanol–water partition coefficient (Wildman–Crippen LogP) is 4.08. The Hall–Kier alpha value is -3.64. The number of nitrogens with one attached hydrogen (secondary N) is 1. The molecule has 0 aliphatic carbocycles. The molecule has 1 unspecified atom stereocenters. The standard InChI is InChI=1S/C24H20N4O2/c29-24-23-21(17-9-4-5-11-19(17)30-23)25-20(26-24)15-28-14-13-27-12-6-10-18(27)22(28)16-7-2-1-3-8-16/h1-12,22H,13-15H2,(H,25,26,29). The third-order valence-electron chi connectivity index (χ3n) is 5.89. The number of benzene rings is 2. The van der Waals surface area contributed by atoms with Crippen LogP contribution in [0.2, 0.25) is 0 Å². The van der Waals surface area contributed by atoms with Gasteiger partial charge in [0.1, 0.15) is 16.9 Å². The summed E-state index contributed by atoms with van der Waals surface area (Å²) in [5, 5.41) is 0.868. The largest absolute Gasteiger partial charge is 0.449 e. The average molecular weight is 396 g/mol. The fourth-order valence-corrected chi connectivity index (χ4v) is 4.53. The second kappa shape index (κ2) is 6.71. The molecule has 6 rings (SSSR count). The minimum atomic E-state index is -0.233. The molecule has 148 valence electrons. The van der Waals surface area contributed by atoms with E-state index in [0.29, 0.717) is 23.5 Å². The van der Waals surface area contributed by atoms with Gasteiger partial charge in [0, 0.05) is 30.4 Å². The first-order valence-corrected chi connectivity index (χ1v) is 10.1. The number of nitrogens with zero attached hydrogens (tertiary/aromatic N) is 3. The molecule has 0 spiro atoms. The molecule has 5 aromatic rings. The molecule has 30 heavy (non-hydrogen) atoms. The lowest BCUT2D eigenvalue weighted by Crippen LogP contribution is -2.38. The molecule has 1 N–H and O–H groups in total. The number of fused-ring (bicyclic) bond motifs is 4. The predicted molar refractivity (Wildman–Crippen MR) is 115 cm³/mol. The summed E-state index contributed by atoms with van der Waals surface area (Å²) in [6.45, 7) is 2.33. The summed E-state index contributed by atoms with van der Waals surface area (Å²) in [6.07, 6.45) is 2.13. The number of rotatable bonds is 3. The number of aromatic amines is 1. The Kier molecular flexibility index (Phi) is 3.86. The minimum absolute atomic E-state index is 0.108. The van der Waals surface area contributed by atoms with E-state index in [1.165, 1.54) is 11.3 Å². The first-order chi connectivity index (χ1) is 14.8. The molecule has 6 heteroatoms. The van der Waals surface area contributed by atoms with Crippen LogP contribution in [0.1, 0.15) is 23.1 Å². The number of hydrogen-bond donors (Lipinski definition) is 1. The van der Waals surface area contributed by atoms with Crippen molar-refractivity contribution < 1.29 is 4.42 Å². The van der Waals surface area contributed by atoms with E-state index in [1.54, 1.807) is 0 Å². The van der Waals surface area contributed by atoms with Crippen LogP contribution in [0.4, 0.5) is 0 Å². The molecule has 1 aliphatic heterocycles. The molecule has 4 heterocycles. The van der Waals surface area contributed by atoms with E-state index in [1.807, 2.05) is 30.3 Å². The van der Waals surface area contributed by atoms with Gasteiger partial charge >= 0.3 is 0 Å². The molecule has 0 radical (unpaired) electrons. The lowest BCUT2D eigenvalue weighted by atomic mass is 10.00.